The highest BCUT2D eigenvalue weighted by molar-refractivity contribution is 5.75. The monoisotopic (exact) mass is 144 g/mol. The summed E-state index contributed by atoms with van der Waals surface area (Å²) in [5.74, 6) is 0. The van der Waals surface area contributed by atoms with Gasteiger partial charge in [-0.05, 0) is 13.0 Å². The molecule has 0 atom stereocenters. The van der Waals surface area contributed by atoms with Crippen LogP contribution >= 0.6 is 0 Å². The van der Waals surface area contributed by atoms with Crippen molar-refractivity contribution in [1.29, 1.82) is 5.26 Å². The third-order valence-electron chi connectivity index (χ3n) is 1.38. The topological polar surface area (TPSA) is 36.7 Å². The van der Waals surface area contributed by atoms with Crippen molar-refractivity contribution in [2.24, 2.45) is 0 Å². The van der Waals surface area contributed by atoms with Gasteiger partial charge in [-0.15, -0.1) is 0 Å². The number of allylic oxidation sites excluding steroid dienone is 2. The Morgan fingerprint density at radius 3 is 3.00 bits per heavy atom. The van der Waals surface area contributed by atoms with Crippen LogP contribution in [0.2, 0.25) is 0 Å². The van der Waals surface area contributed by atoms with E-state index in [0.29, 0.717) is 5.57 Å². The van der Waals surface area contributed by atoms with E-state index in [1.165, 1.54) is 0 Å². The zero-order valence-corrected chi connectivity index (χ0v) is 6.28. The Bertz CT molecular complexity index is 293. The largest absolute Gasteiger partial charge is 0.264 e. The molecule has 11 heavy (non-hydrogen) atoms. The van der Waals surface area contributed by atoms with Crippen LogP contribution in [0, 0.1) is 11.3 Å². The Labute approximate surface area is 65.8 Å². The number of aromatic nitrogens is 1. The van der Waals surface area contributed by atoms with Gasteiger partial charge in [0.15, 0.2) is 0 Å². The maximum Gasteiger partial charge on any atom is 0.0995 e. The van der Waals surface area contributed by atoms with Crippen molar-refractivity contribution >= 4 is 5.57 Å². The molecule has 0 saturated heterocycles. The molecule has 0 unspecified atom stereocenters. The molecule has 54 valence electrons. The molecule has 0 aliphatic carbocycles. The van der Waals surface area contributed by atoms with Crippen molar-refractivity contribution in [3.05, 3.63) is 36.2 Å². The van der Waals surface area contributed by atoms with E-state index in [1.807, 2.05) is 19.1 Å². The summed E-state index contributed by atoms with van der Waals surface area (Å²) in [7, 11) is 0. The SMILES string of the molecule is CC=C(C#N)c1cccnc1. The smallest absolute Gasteiger partial charge is 0.0995 e. The van der Waals surface area contributed by atoms with E-state index in [4.69, 9.17) is 5.26 Å². The molecular weight excluding hydrogens is 136 g/mol. The van der Waals surface area contributed by atoms with Crippen LogP contribution in [0.4, 0.5) is 0 Å². The standard InChI is InChI=1S/C9H8N2/c1-2-8(6-10)9-4-3-5-11-7-9/h2-5,7H,1H3. The number of hydrogen-bond donors (Lipinski definition) is 0. The third-order valence-corrected chi connectivity index (χ3v) is 1.38. The molecule has 1 aromatic rings. The number of rotatable bonds is 1. The van der Waals surface area contributed by atoms with Gasteiger partial charge in [-0.1, -0.05) is 12.1 Å². The summed E-state index contributed by atoms with van der Waals surface area (Å²) in [6, 6.07) is 5.77. The maximum atomic E-state index is 8.63. The lowest BCUT2D eigenvalue weighted by Gasteiger charge is -1.93. The average molecular weight is 144 g/mol. The number of nitriles is 1. The fourth-order valence-corrected chi connectivity index (χ4v) is 0.818. The summed E-state index contributed by atoms with van der Waals surface area (Å²) in [4.78, 5) is 3.91. The second kappa shape index (κ2) is 3.52. The van der Waals surface area contributed by atoms with Crippen molar-refractivity contribution in [3.63, 3.8) is 0 Å². The van der Waals surface area contributed by atoms with Crippen LogP contribution in [0.5, 0.6) is 0 Å². The van der Waals surface area contributed by atoms with Gasteiger partial charge in [0.1, 0.15) is 0 Å². The van der Waals surface area contributed by atoms with Gasteiger partial charge >= 0.3 is 0 Å². The van der Waals surface area contributed by atoms with Crippen LogP contribution in [0.3, 0.4) is 0 Å². The van der Waals surface area contributed by atoms with Gasteiger partial charge in [0.2, 0.25) is 0 Å². The summed E-state index contributed by atoms with van der Waals surface area (Å²) in [5.41, 5.74) is 1.54. The Morgan fingerprint density at radius 1 is 1.73 bits per heavy atom. The highest BCUT2D eigenvalue weighted by atomic mass is 14.6. The van der Waals surface area contributed by atoms with Crippen molar-refractivity contribution in [2.45, 2.75) is 6.92 Å². The van der Waals surface area contributed by atoms with Crippen LogP contribution in [0.25, 0.3) is 5.57 Å². The van der Waals surface area contributed by atoms with Gasteiger partial charge in [0.25, 0.3) is 0 Å². The summed E-state index contributed by atoms with van der Waals surface area (Å²) in [5, 5.41) is 8.63. The molecule has 1 aromatic heterocycles. The van der Waals surface area contributed by atoms with Crippen LogP contribution in [-0.2, 0) is 0 Å². The molecule has 0 aliphatic heterocycles. The molecule has 0 amide bonds. The number of hydrogen-bond acceptors (Lipinski definition) is 2. The zero-order valence-electron chi connectivity index (χ0n) is 6.28. The Kier molecular flexibility index (Phi) is 2.40. The minimum Gasteiger partial charge on any atom is -0.264 e. The number of nitrogens with zero attached hydrogens (tertiary/aromatic N) is 2. The molecule has 1 rings (SSSR count). The van der Waals surface area contributed by atoms with Crippen LogP contribution < -0.4 is 0 Å². The van der Waals surface area contributed by atoms with Gasteiger partial charge in [0, 0.05) is 18.0 Å². The second-order valence-electron chi connectivity index (χ2n) is 2.06. The first-order chi connectivity index (χ1) is 5.38. The zero-order chi connectivity index (χ0) is 8.10. The van der Waals surface area contributed by atoms with Gasteiger partial charge in [-0.3, -0.25) is 4.98 Å². The fourth-order valence-electron chi connectivity index (χ4n) is 0.818. The summed E-state index contributed by atoms with van der Waals surface area (Å²) >= 11 is 0. The van der Waals surface area contributed by atoms with Gasteiger partial charge < -0.3 is 0 Å². The highest BCUT2D eigenvalue weighted by Crippen LogP contribution is 2.09. The third kappa shape index (κ3) is 1.65. The summed E-state index contributed by atoms with van der Waals surface area (Å²) < 4.78 is 0. The lowest BCUT2D eigenvalue weighted by atomic mass is 10.1. The minimum atomic E-state index is 0.665. The van der Waals surface area contributed by atoms with Gasteiger partial charge in [0.05, 0.1) is 11.6 Å². The first-order valence-electron chi connectivity index (χ1n) is 3.35. The van der Waals surface area contributed by atoms with Gasteiger partial charge in [-0.25, -0.2) is 0 Å². The van der Waals surface area contributed by atoms with E-state index in [-0.39, 0.29) is 0 Å². The highest BCUT2D eigenvalue weighted by Gasteiger charge is 1.95. The summed E-state index contributed by atoms with van der Waals surface area (Å²) in [6.07, 6.45) is 5.14. The predicted octanol–water partition coefficient (Wildman–Crippen LogP) is 2.01. The van der Waals surface area contributed by atoms with Crippen LogP contribution in [0.15, 0.2) is 30.6 Å². The molecule has 1 heterocycles. The molecule has 0 bridgehead atoms. The predicted molar refractivity (Wildman–Crippen MR) is 43.5 cm³/mol. The van der Waals surface area contributed by atoms with Crippen molar-refractivity contribution in [2.75, 3.05) is 0 Å². The quantitative estimate of drug-likeness (QED) is 0.565. The van der Waals surface area contributed by atoms with Crippen molar-refractivity contribution < 1.29 is 0 Å². The van der Waals surface area contributed by atoms with E-state index in [1.54, 1.807) is 18.5 Å². The molecule has 2 nitrogen and oxygen atoms in total. The lowest BCUT2D eigenvalue weighted by Crippen LogP contribution is -1.80. The molecule has 0 aliphatic rings. The molecule has 0 radical (unpaired) electrons. The second-order valence-corrected chi connectivity index (χ2v) is 2.06. The first kappa shape index (κ1) is 7.49. The Balaban J connectivity index is 3.05. The maximum absolute atomic E-state index is 8.63. The molecule has 0 aromatic carbocycles. The Hall–Kier alpha value is -1.62. The van der Waals surface area contributed by atoms with Crippen molar-refractivity contribution in [1.82, 2.24) is 4.98 Å². The van der Waals surface area contributed by atoms with E-state index >= 15 is 0 Å². The number of pyridine rings is 1. The van der Waals surface area contributed by atoms with Crippen molar-refractivity contribution in [3.8, 4) is 6.07 Å². The van der Waals surface area contributed by atoms with E-state index in [0.717, 1.165) is 5.56 Å². The molecule has 0 spiro atoms. The minimum absolute atomic E-state index is 0.665. The van der Waals surface area contributed by atoms with E-state index in [2.05, 4.69) is 11.1 Å². The average Bonchev–Trinajstić information content (AvgIpc) is 2.09. The molecule has 0 saturated carbocycles. The van der Waals surface area contributed by atoms with E-state index in [9.17, 15) is 0 Å². The summed E-state index contributed by atoms with van der Waals surface area (Å²) in [6.45, 7) is 1.84. The molecule has 0 N–H and O–H groups in total. The first-order valence-corrected chi connectivity index (χ1v) is 3.35. The molecular formula is C9H8N2. The van der Waals surface area contributed by atoms with Crippen LogP contribution in [0.1, 0.15) is 12.5 Å². The normalized spacial score (nSPS) is 10.7. The Morgan fingerprint density at radius 2 is 2.55 bits per heavy atom. The fraction of sp³-hybridized carbons (Fsp3) is 0.111. The van der Waals surface area contributed by atoms with Crippen LogP contribution in [-0.4, -0.2) is 4.98 Å². The molecule has 2 heteroatoms. The lowest BCUT2D eigenvalue weighted by molar-refractivity contribution is 1.31. The van der Waals surface area contributed by atoms with Gasteiger partial charge in [-0.2, -0.15) is 5.26 Å². The van der Waals surface area contributed by atoms with E-state index < -0.39 is 0 Å². The molecule has 0 fully saturated rings.